The molecule has 7 nitrogen and oxygen atoms in total. The summed E-state index contributed by atoms with van der Waals surface area (Å²) in [6.45, 7) is 3.04. The van der Waals surface area contributed by atoms with Crippen molar-refractivity contribution in [1.82, 2.24) is 20.1 Å². The van der Waals surface area contributed by atoms with Gasteiger partial charge in [-0.1, -0.05) is 54.2 Å². The van der Waals surface area contributed by atoms with Crippen molar-refractivity contribution >= 4 is 17.7 Å². The largest absolute Gasteiger partial charge is 0.497 e. The van der Waals surface area contributed by atoms with Gasteiger partial charge in [0.15, 0.2) is 11.0 Å². The Morgan fingerprint density at radius 2 is 1.76 bits per heavy atom. The third-order valence-electron chi connectivity index (χ3n) is 5.03. The second-order valence-electron chi connectivity index (χ2n) is 7.35. The van der Waals surface area contributed by atoms with Crippen LogP contribution in [0.15, 0.2) is 84.0 Å². The van der Waals surface area contributed by atoms with Gasteiger partial charge in [-0.3, -0.25) is 9.36 Å². The Hall–Kier alpha value is -3.78. The van der Waals surface area contributed by atoms with E-state index in [1.165, 1.54) is 11.8 Å². The van der Waals surface area contributed by atoms with Crippen molar-refractivity contribution in [1.29, 1.82) is 0 Å². The third kappa shape index (κ3) is 5.77. The van der Waals surface area contributed by atoms with Crippen molar-refractivity contribution in [3.05, 3.63) is 84.4 Å². The predicted molar refractivity (Wildman–Crippen MR) is 134 cm³/mol. The summed E-state index contributed by atoms with van der Waals surface area (Å²) in [4.78, 5) is 12.5. The van der Waals surface area contributed by atoms with Crippen molar-refractivity contribution < 1.29 is 14.3 Å². The number of aromatic nitrogens is 3. The van der Waals surface area contributed by atoms with Crippen LogP contribution in [0.2, 0.25) is 0 Å². The van der Waals surface area contributed by atoms with E-state index in [0.717, 1.165) is 28.3 Å². The van der Waals surface area contributed by atoms with E-state index in [0.29, 0.717) is 24.1 Å². The second-order valence-corrected chi connectivity index (χ2v) is 8.29. The lowest BCUT2D eigenvalue weighted by Crippen LogP contribution is -2.24. The van der Waals surface area contributed by atoms with Crippen LogP contribution in [0.1, 0.15) is 12.5 Å². The molecule has 0 fully saturated rings. The van der Waals surface area contributed by atoms with Gasteiger partial charge in [0.25, 0.3) is 0 Å². The first-order chi connectivity index (χ1) is 16.7. The normalized spacial score (nSPS) is 10.6. The van der Waals surface area contributed by atoms with Crippen LogP contribution in [0, 0.1) is 0 Å². The maximum absolute atomic E-state index is 12.5. The molecule has 0 saturated heterocycles. The summed E-state index contributed by atoms with van der Waals surface area (Å²) in [6, 6.07) is 25.2. The van der Waals surface area contributed by atoms with Gasteiger partial charge < -0.3 is 14.8 Å². The predicted octanol–water partition coefficient (Wildman–Crippen LogP) is 4.75. The molecule has 4 rings (SSSR count). The van der Waals surface area contributed by atoms with Gasteiger partial charge in [-0.25, -0.2) is 0 Å². The Balaban J connectivity index is 1.57. The fourth-order valence-electron chi connectivity index (χ4n) is 3.38. The molecule has 0 radical (unpaired) electrons. The van der Waals surface area contributed by atoms with E-state index < -0.39 is 0 Å². The van der Waals surface area contributed by atoms with E-state index in [9.17, 15) is 4.79 Å². The van der Waals surface area contributed by atoms with Crippen LogP contribution in [0.4, 0.5) is 0 Å². The average Bonchev–Trinajstić information content (AvgIpc) is 3.31. The fraction of sp³-hybridized carbons (Fsp3) is 0.192. The number of ether oxygens (including phenoxy) is 2. The highest BCUT2D eigenvalue weighted by atomic mass is 32.2. The molecule has 0 bridgehead atoms. The second kappa shape index (κ2) is 11.4. The standard InChI is InChI=1S/C26H26N4O3S/c1-3-33-22-14-12-21(13-15-22)30-25(20-10-7-11-23(16-20)32-2)28-29-26(30)34-18-24(31)27-17-19-8-5-4-6-9-19/h4-16H,3,17-18H2,1-2H3,(H,27,31). The summed E-state index contributed by atoms with van der Waals surface area (Å²) in [5, 5.41) is 12.4. The lowest BCUT2D eigenvalue weighted by Gasteiger charge is -2.12. The minimum atomic E-state index is -0.0713. The van der Waals surface area contributed by atoms with Crippen molar-refractivity contribution in [2.24, 2.45) is 0 Å². The number of amides is 1. The number of hydrogen-bond donors (Lipinski definition) is 1. The number of methoxy groups -OCH3 is 1. The minimum Gasteiger partial charge on any atom is -0.497 e. The zero-order valence-electron chi connectivity index (χ0n) is 19.1. The lowest BCUT2D eigenvalue weighted by atomic mass is 10.2. The van der Waals surface area contributed by atoms with E-state index in [-0.39, 0.29) is 11.7 Å². The average molecular weight is 475 g/mol. The monoisotopic (exact) mass is 474 g/mol. The Kier molecular flexibility index (Phi) is 7.83. The van der Waals surface area contributed by atoms with E-state index in [1.807, 2.05) is 90.4 Å². The Morgan fingerprint density at radius 3 is 2.50 bits per heavy atom. The lowest BCUT2D eigenvalue weighted by molar-refractivity contribution is -0.118. The molecule has 1 heterocycles. The minimum absolute atomic E-state index is 0.0713. The van der Waals surface area contributed by atoms with Crippen molar-refractivity contribution in [3.63, 3.8) is 0 Å². The highest BCUT2D eigenvalue weighted by Crippen LogP contribution is 2.30. The van der Waals surface area contributed by atoms with E-state index in [2.05, 4.69) is 15.5 Å². The van der Waals surface area contributed by atoms with E-state index >= 15 is 0 Å². The molecular weight excluding hydrogens is 448 g/mol. The Bertz CT molecular complexity index is 1230. The molecule has 3 aromatic carbocycles. The van der Waals surface area contributed by atoms with Crippen LogP contribution < -0.4 is 14.8 Å². The number of carbonyl (C=O) groups is 1. The molecule has 0 atom stereocenters. The number of nitrogens with one attached hydrogen (secondary N) is 1. The van der Waals surface area contributed by atoms with Gasteiger partial charge in [0.2, 0.25) is 5.91 Å². The van der Waals surface area contributed by atoms with Gasteiger partial charge in [-0.05, 0) is 48.9 Å². The van der Waals surface area contributed by atoms with E-state index in [4.69, 9.17) is 9.47 Å². The maximum Gasteiger partial charge on any atom is 0.230 e. The summed E-state index contributed by atoms with van der Waals surface area (Å²) in [5.41, 5.74) is 2.79. The molecule has 8 heteroatoms. The smallest absolute Gasteiger partial charge is 0.230 e. The molecule has 0 aliphatic rings. The van der Waals surface area contributed by atoms with Gasteiger partial charge >= 0.3 is 0 Å². The molecular formula is C26H26N4O3S. The van der Waals surface area contributed by atoms with Gasteiger partial charge in [0.05, 0.1) is 19.5 Å². The molecule has 34 heavy (non-hydrogen) atoms. The molecule has 1 amide bonds. The first-order valence-electron chi connectivity index (χ1n) is 10.9. The van der Waals surface area contributed by atoms with Crippen molar-refractivity contribution in [3.8, 4) is 28.6 Å². The zero-order valence-corrected chi connectivity index (χ0v) is 19.9. The van der Waals surface area contributed by atoms with Crippen LogP contribution in [-0.4, -0.2) is 40.1 Å². The van der Waals surface area contributed by atoms with Gasteiger partial charge in [-0.15, -0.1) is 10.2 Å². The zero-order chi connectivity index (χ0) is 23.8. The molecule has 174 valence electrons. The van der Waals surface area contributed by atoms with Crippen LogP contribution in [0.5, 0.6) is 11.5 Å². The van der Waals surface area contributed by atoms with Gasteiger partial charge in [-0.2, -0.15) is 0 Å². The summed E-state index contributed by atoms with van der Waals surface area (Å²) in [5.74, 6) is 2.33. The number of hydrogen-bond acceptors (Lipinski definition) is 6. The Labute approximate surface area is 203 Å². The number of nitrogens with zero attached hydrogens (tertiary/aromatic N) is 3. The number of rotatable bonds is 10. The van der Waals surface area contributed by atoms with Crippen LogP contribution in [-0.2, 0) is 11.3 Å². The summed E-state index contributed by atoms with van der Waals surface area (Å²) in [6.07, 6.45) is 0. The van der Waals surface area contributed by atoms with E-state index in [1.54, 1.807) is 7.11 Å². The molecule has 4 aromatic rings. The van der Waals surface area contributed by atoms with Crippen LogP contribution in [0.25, 0.3) is 17.1 Å². The molecule has 0 spiro atoms. The topological polar surface area (TPSA) is 78.3 Å². The Morgan fingerprint density at radius 1 is 0.971 bits per heavy atom. The van der Waals surface area contributed by atoms with Gasteiger partial charge in [0, 0.05) is 17.8 Å². The summed E-state index contributed by atoms with van der Waals surface area (Å²) >= 11 is 1.34. The molecule has 0 unspecified atom stereocenters. The SMILES string of the molecule is CCOc1ccc(-n2c(SCC(=O)NCc3ccccc3)nnc2-c2cccc(OC)c2)cc1. The molecule has 1 aromatic heterocycles. The maximum atomic E-state index is 12.5. The van der Waals surface area contributed by atoms with Crippen LogP contribution in [0.3, 0.4) is 0 Å². The molecule has 0 saturated carbocycles. The summed E-state index contributed by atoms with van der Waals surface area (Å²) in [7, 11) is 1.63. The fourth-order valence-corrected chi connectivity index (χ4v) is 4.16. The van der Waals surface area contributed by atoms with Gasteiger partial charge in [0.1, 0.15) is 11.5 Å². The first kappa shape index (κ1) is 23.4. The third-order valence-corrected chi connectivity index (χ3v) is 5.96. The first-order valence-corrected chi connectivity index (χ1v) is 11.9. The van der Waals surface area contributed by atoms with Crippen LogP contribution >= 0.6 is 11.8 Å². The molecule has 1 N–H and O–H groups in total. The summed E-state index contributed by atoms with van der Waals surface area (Å²) < 4.78 is 12.9. The van der Waals surface area contributed by atoms with Crippen molar-refractivity contribution in [2.45, 2.75) is 18.6 Å². The number of carbonyl (C=O) groups excluding carboxylic acids is 1. The number of thioether (sulfide) groups is 1. The number of benzene rings is 3. The van der Waals surface area contributed by atoms with Crippen molar-refractivity contribution in [2.75, 3.05) is 19.5 Å². The highest BCUT2D eigenvalue weighted by molar-refractivity contribution is 7.99. The molecule has 0 aliphatic carbocycles. The molecule has 0 aliphatic heterocycles. The quantitative estimate of drug-likeness (QED) is 0.334. The highest BCUT2D eigenvalue weighted by Gasteiger charge is 2.18.